The molecule has 0 aliphatic carbocycles. The van der Waals surface area contributed by atoms with Crippen molar-refractivity contribution < 1.29 is 22.4 Å². The number of carbonyl (C=O) groups is 2. The second kappa shape index (κ2) is 7.28. The Labute approximate surface area is 139 Å². The van der Waals surface area contributed by atoms with E-state index in [0.29, 0.717) is 11.4 Å². The monoisotopic (exact) mass is 351 g/mol. The number of hydrogen-bond donors (Lipinski definition) is 2. The molecule has 0 aliphatic heterocycles. The predicted octanol–water partition coefficient (Wildman–Crippen LogP) is 0.914. The Bertz CT molecular complexity index is 813. The van der Waals surface area contributed by atoms with Gasteiger partial charge in [-0.15, -0.1) is 0 Å². The van der Waals surface area contributed by atoms with Crippen LogP contribution in [0.25, 0.3) is 0 Å². The van der Waals surface area contributed by atoms with Gasteiger partial charge in [-0.2, -0.15) is 4.31 Å². The summed E-state index contributed by atoms with van der Waals surface area (Å²) < 4.78 is 31.5. The van der Waals surface area contributed by atoms with Gasteiger partial charge in [0.2, 0.25) is 21.8 Å². The van der Waals surface area contributed by atoms with Crippen LogP contribution in [-0.4, -0.2) is 31.1 Å². The predicted molar refractivity (Wildman–Crippen MR) is 86.2 cm³/mol. The summed E-state index contributed by atoms with van der Waals surface area (Å²) in [5, 5.41) is 2.54. The molecule has 0 spiro atoms. The van der Waals surface area contributed by atoms with Crippen molar-refractivity contribution in [2.75, 3.05) is 11.9 Å². The van der Waals surface area contributed by atoms with Crippen molar-refractivity contribution in [3.05, 3.63) is 48.4 Å². The molecule has 8 nitrogen and oxygen atoms in total. The third-order valence-corrected chi connectivity index (χ3v) is 4.86. The van der Waals surface area contributed by atoms with Gasteiger partial charge in [0.1, 0.15) is 5.76 Å². The van der Waals surface area contributed by atoms with E-state index in [9.17, 15) is 18.0 Å². The first-order chi connectivity index (χ1) is 11.3. The lowest BCUT2D eigenvalue weighted by Crippen LogP contribution is -2.37. The molecule has 1 aromatic heterocycles. The molecule has 1 aromatic carbocycles. The first-order valence-corrected chi connectivity index (χ1v) is 8.41. The fourth-order valence-corrected chi connectivity index (χ4v) is 3.41. The summed E-state index contributed by atoms with van der Waals surface area (Å²) in [4.78, 5) is 22.2. The van der Waals surface area contributed by atoms with Crippen molar-refractivity contribution in [3.8, 4) is 0 Å². The van der Waals surface area contributed by atoms with E-state index in [2.05, 4.69) is 5.32 Å². The zero-order chi connectivity index (χ0) is 17.7. The number of sulfonamides is 1. The fraction of sp³-hybridized carbons (Fsp3) is 0.200. The number of carbonyl (C=O) groups excluding carboxylic acids is 2. The molecule has 9 heteroatoms. The lowest BCUT2D eigenvalue weighted by molar-refractivity contribution is -0.118. The number of nitrogens with one attached hydrogen (secondary N) is 1. The number of benzene rings is 1. The molecule has 24 heavy (non-hydrogen) atoms. The minimum absolute atomic E-state index is 0.0237. The molecular formula is C15H17N3O5S. The van der Waals surface area contributed by atoms with Gasteiger partial charge < -0.3 is 15.5 Å². The van der Waals surface area contributed by atoms with Crippen LogP contribution in [0.2, 0.25) is 0 Å². The summed E-state index contributed by atoms with van der Waals surface area (Å²) in [5.41, 5.74) is 5.62. The summed E-state index contributed by atoms with van der Waals surface area (Å²) in [6, 6.07) is 8.83. The van der Waals surface area contributed by atoms with Crippen LogP contribution in [0, 0.1) is 0 Å². The Kier molecular flexibility index (Phi) is 5.37. The highest BCUT2D eigenvalue weighted by molar-refractivity contribution is 7.89. The summed E-state index contributed by atoms with van der Waals surface area (Å²) in [6.07, 6.45) is 1.41. The SMILES string of the molecule is CC(=O)Nc1ccc(S(=O)(=O)N(CC(N)=O)Cc2ccco2)cc1. The van der Waals surface area contributed by atoms with E-state index >= 15 is 0 Å². The van der Waals surface area contributed by atoms with Crippen molar-refractivity contribution >= 4 is 27.5 Å². The lowest BCUT2D eigenvalue weighted by Gasteiger charge is -2.20. The highest BCUT2D eigenvalue weighted by atomic mass is 32.2. The van der Waals surface area contributed by atoms with Gasteiger partial charge in [0.15, 0.2) is 0 Å². The molecule has 0 saturated carbocycles. The van der Waals surface area contributed by atoms with Gasteiger partial charge in [-0.05, 0) is 36.4 Å². The maximum atomic E-state index is 12.7. The summed E-state index contributed by atoms with van der Waals surface area (Å²) in [5.74, 6) is -0.659. The molecular weight excluding hydrogens is 334 g/mol. The molecule has 0 saturated heterocycles. The van der Waals surface area contributed by atoms with E-state index in [0.717, 1.165) is 4.31 Å². The molecule has 3 N–H and O–H groups in total. The van der Waals surface area contributed by atoms with E-state index in [1.807, 2.05) is 0 Å². The Morgan fingerprint density at radius 2 is 1.88 bits per heavy atom. The zero-order valence-electron chi connectivity index (χ0n) is 12.9. The number of furan rings is 1. The molecule has 0 atom stereocenters. The summed E-state index contributed by atoms with van der Waals surface area (Å²) in [7, 11) is -3.96. The van der Waals surface area contributed by atoms with Crippen LogP contribution < -0.4 is 11.1 Å². The highest BCUT2D eigenvalue weighted by Crippen LogP contribution is 2.20. The number of hydrogen-bond acceptors (Lipinski definition) is 5. The molecule has 0 aliphatic rings. The van der Waals surface area contributed by atoms with Gasteiger partial charge in [-0.3, -0.25) is 9.59 Å². The van der Waals surface area contributed by atoms with Crippen molar-refractivity contribution in [1.29, 1.82) is 0 Å². The third kappa shape index (κ3) is 4.43. The van der Waals surface area contributed by atoms with Gasteiger partial charge in [-0.1, -0.05) is 0 Å². The maximum absolute atomic E-state index is 12.7. The zero-order valence-corrected chi connectivity index (χ0v) is 13.7. The molecule has 128 valence electrons. The van der Waals surface area contributed by atoms with E-state index in [4.69, 9.17) is 10.2 Å². The Morgan fingerprint density at radius 1 is 1.21 bits per heavy atom. The van der Waals surface area contributed by atoms with Gasteiger partial charge in [0.25, 0.3) is 0 Å². The first kappa shape index (κ1) is 17.7. The third-order valence-electron chi connectivity index (χ3n) is 3.06. The number of nitrogens with zero attached hydrogens (tertiary/aromatic N) is 1. The quantitative estimate of drug-likeness (QED) is 0.768. The van der Waals surface area contributed by atoms with E-state index in [1.165, 1.54) is 37.5 Å². The molecule has 2 aromatic rings. The van der Waals surface area contributed by atoms with Gasteiger partial charge in [0.05, 0.1) is 24.2 Å². The second-order valence-corrected chi connectivity index (χ2v) is 6.96. The van der Waals surface area contributed by atoms with Crippen molar-refractivity contribution in [3.63, 3.8) is 0 Å². The van der Waals surface area contributed by atoms with Gasteiger partial charge in [-0.25, -0.2) is 8.42 Å². The molecule has 2 amide bonds. The van der Waals surface area contributed by atoms with Crippen LogP contribution in [-0.2, 0) is 26.2 Å². The number of nitrogens with two attached hydrogens (primary N) is 1. The lowest BCUT2D eigenvalue weighted by atomic mass is 10.3. The standard InChI is InChI=1S/C15H17N3O5S/c1-11(19)17-12-4-6-14(7-5-12)24(21,22)18(10-15(16)20)9-13-3-2-8-23-13/h2-8H,9-10H2,1H3,(H2,16,20)(H,17,19). The second-order valence-electron chi connectivity index (χ2n) is 5.02. The maximum Gasteiger partial charge on any atom is 0.243 e. The van der Waals surface area contributed by atoms with E-state index in [1.54, 1.807) is 12.1 Å². The molecule has 0 radical (unpaired) electrons. The van der Waals surface area contributed by atoms with Crippen LogP contribution in [0.1, 0.15) is 12.7 Å². The average molecular weight is 351 g/mol. The summed E-state index contributed by atoms with van der Waals surface area (Å²) >= 11 is 0. The Balaban J connectivity index is 2.29. The molecule has 1 heterocycles. The van der Waals surface area contributed by atoms with Crippen LogP contribution in [0.5, 0.6) is 0 Å². The number of anilines is 1. The molecule has 2 rings (SSSR count). The normalized spacial score (nSPS) is 11.4. The smallest absolute Gasteiger partial charge is 0.243 e. The molecule has 0 fully saturated rings. The highest BCUT2D eigenvalue weighted by Gasteiger charge is 2.27. The Morgan fingerprint density at radius 3 is 2.38 bits per heavy atom. The van der Waals surface area contributed by atoms with E-state index < -0.39 is 22.5 Å². The summed E-state index contributed by atoms with van der Waals surface area (Å²) in [6.45, 7) is 0.755. The first-order valence-electron chi connectivity index (χ1n) is 6.97. The average Bonchev–Trinajstić information content (AvgIpc) is 2.99. The minimum Gasteiger partial charge on any atom is -0.468 e. The number of primary amides is 1. The van der Waals surface area contributed by atoms with E-state index in [-0.39, 0.29) is 17.3 Å². The number of amides is 2. The molecule has 0 unspecified atom stereocenters. The van der Waals surface area contributed by atoms with Crippen LogP contribution in [0.4, 0.5) is 5.69 Å². The fourth-order valence-electron chi connectivity index (χ4n) is 2.04. The minimum atomic E-state index is -3.96. The van der Waals surface area contributed by atoms with Gasteiger partial charge >= 0.3 is 0 Å². The van der Waals surface area contributed by atoms with Crippen LogP contribution in [0.15, 0.2) is 52.0 Å². The number of rotatable bonds is 7. The van der Waals surface area contributed by atoms with Crippen molar-refractivity contribution in [1.82, 2.24) is 4.31 Å². The van der Waals surface area contributed by atoms with Gasteiger partial charge in [0, 0.05) is 12.6 Å². The van der Waals surface area contributed by atoms with Crippen LogP contribution >= 0.6 is 0 Å². The van der Waals surface area contributed by atoms with Crippen molar-refractivity contribution in [2.24, 2.45) is 5.73 Å². The van der Waals surface area contributed by atoms with Crippen LogP contribution in [0.3, 0.4) is 0 Å². The topological polar surface area (TPSA) is 123 Å². The van der Waals surface area contributed by atoms with Crippen molar-refractivity contribution in [2.45, 2.75) is 18.4 Å². The largest absolute Gasteiger partial charge is 0.468 e. The Hall–Kier alpha value is -2.65. The molecule has 0 bridgehead atoms.